The third-order valence-electron chi connectivity index (χ3n) is 5.11. The van der Waals surface area contributed by atoms with Gasteiger partial charge in [-0.05, 0) is 55.1 Å². The average molecular weight is 303 g/mol. The molecule has 22 heavy (non-hydrogen) atoms. The van der Waals surface area contributed by atoms with Gasteiger partial charge in [-0.3, -0.25) is 4.79 Å². The van der Waals surface area contributed by atoms with Gasteiger partial charge in [-0.1, -0.05) is 33.8 Å². The van der Waals surface area contributed by atoms with E-state index >= 15 is 0 Å². The van der Waals surface area contributed by atoms with E-state index in [4.69, 9.17) is 0 Å². The molecule has 0 aliphatic heterocycles. The van der Waals surface area contributed by atoms with Crippen LogP contribution in [0.5, 0.6) is 5.75 Å². The first kappa shape index (κ1) is 16.9. The molecule has 1 aromatic rings. The van der Waals surface area contributed by atoms with Crippen molar-refractivity contribution in [2.24, 2.45) is 23.2 Å². The van der Waals surface area contributed by atoms with E-state index in [1.54, 1.807) is 6.07 Å². The van der Waals surface area contributed by atoms with E-state index in [0.717, 1.165) is 18.4 Å². The van der Waals surface area contributed by atoms with Crippen molar-refractivity contribution in [2.45, 2.75) is 53.9 Å². The fourth-order valence-corrected chi connectivity index (χ4v) is 3.61. The summed E-state index contributed by atoms with van der Waals surface area (Å²) in [7, 11) is 0. The number of phenolic OH excluding ortho intramolecular Hbond substituents is 1. The summed E-state index contributed by atoms with van der Waals surface area (Å²) in [5, 5.41) is 12.8. The zero-order valence-electron chi connectivity index (χ0n) is 14.4. The molecule has 0 heterocycles. The second-order valence-corrected chi connectivity index (χ2v) is 7.91. The van der Waals surface area contributed by atoms with Gasteiger partial charge in [0.1, 0.15) is 5.75 Å². The van der Waals surface area contributed by atoms with Gasteiger partial charge in [0.25, 0.3) is 0 Å². The molecule has 122 valence electrons. The molecule has 2 atom stereocenters. The van der Waals surface area contributed by atoms with Crippen LogP contribution in [0.1, 0.15) is 52.5 Å². The molecule has 1 aliphatic carbocycles. The number of aryl methyl sites for hydroxylation is 1. The van der Waals surface area contributed by atoms with E-state index in [1.165, 1.54) is 6.42 Å². The molecule has 0 saturated heterocycles. The lowest BCUT2D eigenvalue weighted by molar-refractivity contribution is -0.125. The monoisotopic (exact) mass is 303 g/mol. The molecule has 1 aromatic carbocycles. The van der Waals surface area contributed by atoms with Crippen LogP contribution in [0.4, 0.5) is 5.69 Å². The normalized spacial score (nSPS) is 24.3. The minimum atomic E-state index is 0.0483. The number of hydrogen-bond donors (Lipinski definition) is 2. The van der Waals surface area contributed by atoms with Crippen LogP contribution in [0.2, 0.25) is 0 Å². The third kappa shape index (κ3) is 3.82. The lowest BCUT2D eigenvalue weighted by atomic mass is 9.64. The Kier molecular flexibility index (Phi) is 4.84. The molecule has 0 bridgehead atoms. The lowest BCUT2D eigenvalue weighted by Gasteiger charge is -2.41. The Labute approximate surface area is 134 Å². The van der Waals surface area contributed by atoms with Crippen molar-refractivity contribution < 1.29 is 9.90 Å². The molecule has 3 nitrogen and oxygen atoms in total. The van der Waals surface area contributed by atoms with E-state index in [2.05, 4.69) is 33.0 Å². The van der Waals surface area contributed by atoms with Crippen molar-refractivity contribution >= 4 is 11.6 Å². The highest BCUT2D eigenvalue weighted by Gasteiger charge is 2.39. The molecule has 1 aliphatic rings. The summed E-state index contributed by atoms with van der Waals surface area (Å²) in [6, 6.07) is 5.31. The highest BCUT2D eigenvalue weighted by Crippen LogP contribution is 2.45. The molecule has 1 saturated carbocycles. The number of carbonyl (C=O) groups is 1. The van der Waals surface area contributed by atoms with Crippen LogP contribution in [0, 0.1) is 30.1 Å². The largest absolute Gasteiger partial charge is 0.508 e. The van der Waals surface area contributed by atoms with Gasteiger partial charge in [0.05, 0.1) is 0 Å². The Morgan fingerprint density at radius 1 is 1.36 bits per heavy atom. The van der Waals surface area contributed by atoms with E-state index in [-0.39, 0.29) is 23.0 Å². The summed E-state index contributed by atoms with van der Waals surface area (Å²) in [6.45, 7) is 10.8. The number of phenols is 1. The molecular formula is C19H29NO2. The first-order valence-electron chi connectivity index (χ1n) is 8.30. The van der Waals surface area contributed by atoms with Crippen molar-refractivity contribution in [1.82, 2.24) is 0 Å². The molecule has 2 N–H and O–H groups in total. The molecule has 1 fully saturated rings. The summed E-state index contributed by atoms with van der Waals surface area (Å²) >= 11 is 0. The number of aromatic hydroxyl groups is 1. The number of hydrogen-bond acceptors (Lipinski definition) is 2. The van der Waals surface area contributed by atoms with Crippen LogP contribution in [-0.2, 0) is 4.79 Å². The van der Waals surface area contributed by atoms with Crippen molar-refractivity contribution in [3.63, 3.8) is 0 Å². The Hall–Kier alpha value is -1.51. The van der Waals surface area contributed by atoms with Gasteiger partial charge in [-0.25, -0.2) is 0 Å². The maximum absolute atomic E-state index is 12.8. The topological polar surface area (TPSA) is 49.3 Å². The van der Waals surface area contributed by atoms with Crippen LogP contribution >= 0.6 is 0 Å². The minimum Gasteiger partial charge on any atom is -0.508 e. The smallest absolute Gasteiger partial charge is 0.227 e. The molecule has 2 rings (SSSR count). The number of anilines is 1. The highest BCUT2D eigenvalue weighted by atomic mass is 16.3. The van der Waals surface area contributed by atoms with Crippen LogP contribution in [0.15, 0.2) is 18.2 Å². The van der Waals surface area contributed by atoms with E-state index in [9.17, 15) is 9.90 Å². The number of rotatable bonds is 3. The third-order valence-corrected chi connectivity index (χ3v) is 5.11. The van der Waals surface area contributed by atoms with Crippen LogP contribution in [0.3, 0.4) is 0 Å². The quantitative estimate of drug-likeness (QED) is 0.847. The zero-order chi connectivity index (χ0) is 16.5. The Morgan fingerprint density at radius 3 is 2.64 bits per heavy atom. The molecule has 1 amide bonds. The van der Waals surface area contributed by atoms with Gasteiger partial charge >= 0.3 is 0 Å². The van der Waals surface area contributed by atoms with Crippen LogP contribution < -0.4 is 5.32 Å². The first-order valence-corrected chi connectivity index (χ1v) is 8.30. The van der Waals surface area contributed by atoms with Crippen molar-refractivity contribution in [3.8, 4) is 5.75 Å². The van der Waals surface area contributed by atoms with Gasteiger partial charge in [0.2, 0.25) is 5.91 Å². The number of carbonyl (C=O) groups excluding carboxylic acids is 1. The van der Waals surface area contributed by atoms with Crippen LogP contribution in [0.25, 0.3) is 0 Å². The molecule has 0 radical (unpaired) electrons. The van der Waals surface area contributed by atoms with Gasteiger partial charge in [-0.2, -0.15) is 0 Å². The molecular weight excluding hydrogens is 274 g/mol. The second kappa shape index (κ2) is 6.31. The van der Waals surface area contributed by atoms with E-state index < -0.39 is 0 Å². The molecule has 3 heteroatoms. The average Bonchev–Trinajstić information content (AvgIpc) is 2.41. The summed E-state index contributed by atoms with van der Waals surface area (Å²) in [4.78, 5) is 12.8. The number of nitrogens with one attached hydrogen (secondary N) is 1. The summed E-state index contributed by atoms with van der Waals surface area (Å²) in [5.41, 5.74) is 1.72. The Bertz CT molecular complexity index is 548. The fraction of sp³-hybridized carbons (Fsp3) is 0.632. The highest BCUT2D eigenvalue weighted by molar-refractivity contribution is 5.93. The van der Waals surface area contributed by atoms with E-state index in [1.807, 2.05) is 19.1 Å². The standard InChI is InChI=1S/C19H29NO2/c1-12(2)15-8-9-19(4,5)11-16(15)18(22)20-14-7-6-13(3)17(21)10-14/h6-7,10,12,15-16,21H,8-9,11H2,1-5H3,(H,20,22). The first-order chi connectivity index (χ1) is 10.2. The summed E-state index contributed by atoms with van der Waals surface area (Å²) < 4.78 is 0. The minimum absolute atomic E-state index is 0.0483. The fourth-order valence-electron chi connectivity index (χ4n) is 3.61. The lowest BCUT2D eigenvalue weighted by Crippen LogP contribution is -2.39. The van der Waals surface area contributed by atoms with Gasteiger partial charge < -0.3 is 10.4 Å². The second-order valence-electron chi connectivity index (χ2n) is 7.91. The van der Waals surface area contributed by atoms with Crippen molar-refractivity contribution in [1.29, 1.82) is 0 Å². The maximum Gasteiger partial charge on any atom is 0.227 e. The van der Waals surface area contributed by atoms with Crippen molar-refractivity contribution in [2.75, 3.05) is 5.32 Å². The van der Waals surface area contributed by atoms with E-state index in [0.29, 0.717) is 17.5 Å². The Balaban J connectivity index is 2.15. The number of amides is 1. The summed E-state index contributed by atoms with van der Waals surface area (Å²) in [6.07, 6.45) is 3.23. The molecule has 2 unspecified atom stereocenters. The number of benzene rings is 1. The SMILES string of the molecule is Cc1ccc(NC(=O)C2CC(C)(C)CCC2C(C)C)cc1O. The molecule has 0 spiro atoms. The van der Waals surface area contributed by atoms with Crippen LogP contribution in [-0.4, -0.2) is 11.0 Å². The van der Waals surface area contributed by atoms with Gasteiger partial charge in [-0.15, -0.1) is 0 Å². The predicted molar refractivity (Wildman–Crippen MR) is 90.9 cm³/mol. The van der Waals surface area contributed by atoms with Gasteiger partial charge in [0, 0.05) is 17.7 Å². The zero-order valence-corrected chi connectivity index (χ0v) is 14.4. The van der Waals surface area contributed by atoms with Crippen molar-refractivity contribution in [3.05, 3.63) is 23.8 Å². The molecule has 0 aromatic heterocycles. The summed E-state index contributed by atoms with van der Waals surface area (Å²) in [5.74, 6) is 1.31. The predicted octanol–water partition coefficient (Wildman–Crippen LogP) is 4.74. The van der Waals surface area contributed by atoms with Gasteiger partial charge in [0.15, 0.2) is 0 Å². The Morgan fingerprint density at radius 2 is 2.05 bits per heavy atom. The maximum atomic E-state index is 12.8.